The average molecular weight is 509 g/mol. The number of hydrogen-bond acceptors (Lipinski definition) is 8. The Balaban J connectivity index is 1.12. The highest BCUT2D eigenvalue weighted by Gasteiger charge is 2.39. The number of rotatable bonds is 3. The molecule has 3 atom stereocenters. The Kier molecular flexibility index (Phi) is 5.87. The number of amides is 1. The fourth-order valence-electron chi connectivity index (χ4n) is 5.42. The molecule has 10 nitrogen and oxygen atoms in total. The molecule has 6 rings (SSSR count). The molecule has 2 aromatic heterocycles. The van der Waals surface area contributed by atoms with E-state index in [1.165, 1.54) is 17.1 Å². The monoisotopic (exact) mass is 508 g/mol. The number of fused-ring (bicyclic) bond motifs is 2. The number of aryl methyl sites for hydroxylation is 1. The minimum absolute atomic E-state index is 0.0646. The number of benzene rings is 1. The third-order valence-electron chi connectivity index (χ3n) is 7.31. The number of aromatic nitrogens is 5. The average Bonchev–Trinajstić information content (AvgIpc) is 3.58. The number of hydrogen-bond donors (Lipinski definition) is 0. The van der Waals surface area contributed by atoms with E-state index in [0.717, 1.165) is 24.1 Å². The van der Waals surface area contributed by atoms with Crippen LogP contribution in [0.5, 0.6) is 0 Å². The van der Waals surface area contributed by atoms with Gasteiger partial charge in [-0.1, -0.05) is 23.7 Å². The second-order valence-corrected chi connectivity index (χ2v) is 9.62. The molecule has 0 N–H and O–H groups in total. The van der Waals surface area contributed by atoms with Gasteiger partial charge >= 0.3 is 0 Å². The smallest absolute Gasteiger partial charge is 0.230 e. The molecule has 1 unspecified atom stereocenters. The van der Waals surface area contributed by atoms with E-state index in [1.807, 2.05) is 23.1 Å². The molecule has 3 aromatic rings. The molecule has 2 saturated heterocycles. The van der Waals surface area contributed by atoms with Gasteiger partial charge in [0.2, 0.25) is 5.91 Å². The summed E-state index contributed by atoms with van der Waals surface area (Å²) < 4.78 is 21.5. The SMILES string of the molecule is N#Cc1c(F)ccc([C@H]2CN3CCN(C(=O)C4CCc5nc(-n6cnnn6)ccc54)C[C@@H]3CO2)c1Cl. The maximum absolute atomic E-state index is 13.9. The second kappa shape index (κ2) is 9.20. The minimum Gasteiger partial charge on any atom is -0.370 e. The van der Waals surface area contributed by atoms with Crippen LogP contribution < -0.4 is 0 Å². The van der Waals surface area contributed by atoms with Crippen molar-refractivity contribution in [3.05, 3.63) is 63.8 Å². The molecule has 0 saturated carbocycles. The van der Waals surface area contributed by atoms with E-state index in [2.05, 4.69) is 25.4 Å². The van der Waals surface area contributed by atoms with E-state index in [4.69, 9.17) is 16.3 Å². The van der Waals surface area contributed by atoms with Crippen LogP contribution in [-0.4, -0.2) is 79.7 Å². The Morgan fingerprint density at radius 3 is 2.86 bits per heavy atom. The summed E-state index contributed by atoms with van der Waals surface area (Å²) in [7, 11) is 0. The van der Waals surface area contributed by atoms with Crippen molar-refractivity contribution in [3.63, 3.8) is 0 Å². The topological polar surface area (TPSA) is 113 Å². The van der Waals surface area contributed by atoms with Gasteiger partial charge in [0, 0.05) is 37.4 Å². The van der Waals surface area contributed by atoms with Crippen molar-refractivity contribution in [2.75, 3.05) is 32.8 Å². The van der Waals surface area contributed by atoms with Gasteiger partial charge in [0.15, 0.2) is 5.82 Å². The van der Waals surface area contributed by atoms with Gasteiger partial charge < -0.3 is 9.64 Å². The maximum atomic E-state index is 13.9. The molecular weight excluding hydrogens is 487 g/mol. The summed E-state index contributed by atoms with van der Waals surface area (Å²) in [5, 5.41) is 20.5. The van der Waals surface area contributed by atoms with E-state index in [-0.39, 0.29) is 34.6 Å². The number of pyridine rings is 1. The minimum atomic E-state index is -0.637. The molecule has 0 bridgehead atoms. The molecule has 1 aliphatic carbocycles. The Morgan fingerprint density at radius 2 is 2.06 bits per heavy atom. The molecule has 36 heavy (non-hydrogen) atoms. The van der Waals surface area contributed by atoms with E-state index >= 15 is 0 Å². The number of ether oxygens (including phenoxy) is 1. The van der Waals surface area contributed by atoms with Crippen molar-refractivity contribution >= 4 is 17.5 Å². The largest absolute Gasteiger partial charge is 0.370 e. The summed E-state index contributed by atoms with van der Waals surface area (Å²) in [6, 6.07) is 8.53. The van der Waals surface area contributed by atoms with E-state index in [1.54, 1.807) is 6.07 Å². The lowest BCUT2D eigenvalue weighted by Crippen LogP contribution is -2.60. The Labute approximate surface area is 211 Å². The molecule has 3 aliphatic rings. The number of tetrazole rings is 1. The van der Waals surface area contributed by atoms with Gasteiger partial charge in [-0.15, -0.1) is 5.10 Å². The fourth-order valence-corrected chi connectivity index (χ4v) is 5.73. The zero-order valence-electron chi connectivity index (χ0n) is 19.2. The first-order chi connectivity index (χ1) is 17.5. The van der Waals surface area contributed by atoms with Crippen LogP contribution in [-0.2, 0) is 16.0 Å². The van der Waals surface area contributed by atoms with Crippen molar-refractivity contribution in [3.8, 4) is 11.9 Å². The molecule has 4 heterocycles. The first kappa shape index (κ1) is 23.0. The number of carbonyl (C=O) groups is 1. The molecular formula is C24H22ClFN8O2. The molecule has 12 heteroatoms. The number of morpholine rings is 1. The molecule has 1 aromatic carbocycles. The van der Waals surface area contributed by atoms with Gasteiger partial charge in [0.1, 0.15) is 23.8 Å². The van der Waals surface area contributed by atoms with Gasteiger partial charge in [-0.2, -0.15) is 9.94 Å². The zero-order chi connectivity index (χ0) is 24.8. The molecule has 2 fully saturated rings. The van der Waals surface area contributed by atoms with Crippen LogP contribution >= 0.6 is 11.6 Å². The summed E-state index contributed by atoms with van der Waals surface area (Å²) in [6.45, 7) is 2.89. The first-order valence-corrected chi connectivity index (χ1v) is 12.2. The highest BCUT2D eigenvalue weighted by molar-refractivity contribution is 6.32. The van der Waals surface area contributed by atoms with Crippen molar-refractivity contribution < 1.29 is 13.9 Å². The third kappa shape index (κ3) is 3.91. The third-order valence-corrected chi connectivity index (χ3v) is 7.72. The van der Waals surface area contributed by atoms with Gasteiger partial charge in [-0.25, -0.2) is 9.37 Å². The lowest BCUT2D eigenvalue weighted by Gasteiger charge is -2.46. The molecule has 184 valence electrons. The molecule has 0 spiro atoms. The fraction of sp³-hybridized carbons (Fsp3) is 0.417. The van der Waals surface area contributed by atoms with Crippen LogP contribution in [0.1, 0.15) is 40.8 Å². The number of nitrogens with zero attached hydrogens (tertiary/aromatic N) is 8. The van der Waals surface area contributed by atoms with Crippen molar-refractivity contribution in [1.82, 2.24) is 35.0 Å². The van der Waals surface area contributed by atoms with Crippen LogP contribution in [0, 0.1) is 17.1 Å². The summed E-state index contributed by atoms with van der Waals surface area (Å²) >= 11 is 6.31. The van der Waals surface area contributed by atoms with Gasteiger partial charge in [-0.05, 0) is 41.0 Å². The summed E-state index contributed by atoms with van der Waals surface area (Å²) in [6.07, 6.45) is 2.60. The van der Waals surface area contributed by atoms with Crippen molar-refractivity contribution in [2.45, 2.75) is 30.9 Å². The number of piperazine rings is 1. The Bertz CT molecular complexity index is 1360. The predicted molar refractivity (Wildman–Crippen MR) is 125 cm³/mol. The van der Waals surface area contributed by atoms with E-state index < -0.39 is 5.82 Å². The van der Waals surface area contributed by atoms with Crippen LogP contribution in [0.3, 0.4) is 0 Å². The second-order valence-electron chi connectivity index (χ2n) is 9.24. The highest BCUT2D eigenvalue weighted by Crippen LogP contribution is 2.36. The standard InChI is InChI=1S/C24H22ClFN8O2/c25-23-17(1-4-19(26)18(23)9-27)21-11-32-7-8-33(10-14(32)12-36-21)24(35)16-2-5-20-15(16)3-6-22(29-20)34-13-28-30-31-34/h1,3-4,6,13-14,16,21H,2,5,7-8,10-12H2/t14-,16?,21-/m1/s1. The van der Waals surface area contributed by atoms with Crippen LogP contribution in [0.4, 0.5) is 4.39 Å². The van der Waals surface area contributed by atoms with Gasteiger partial charge in [0.25, 0.3) is 0 Å². The van der Waals surface area contributed by atoms with Crippen LogP contribution in [0.25, 0.3) is 5.82 Å². The van der Waals surface area contributed by atoms with Crippen LogP contribution in [0.2, 0.25) is 5.02 Å². The first-order valence-electron chi connectivity index (χ1n) is 11.8. The summed E-state index contributed by atoms with van der Waals surface area (Å²) in [5.41, 5.74) is 2.34. The lowest BCUT2D eigenvalue weighted by atomic mass is 9.98. The van der Waals surface area contributed by atoms with E-state index in [0.29, 0.717) is 44.2 Å². The van der Waals surface area contributed by atoms with Gasteiger partial charge in [0.05, 0.1) is 29.7 Å². The van der Waals surface area contributed by atoms with Crippen LogP contribution in [0.15, 0.2) is 30.6 Å². The predicted octanol–water partition coefficient (Wildman–Crippen LogP) is 2.04. The lowest BCUT2D eigenvalue weighted by molar-refractivity contribution is -0.141. The molecule has 0 radical (unpaired) electrons. The Hall–Kier alpha value is -3.46. The summed E-state index contributed by atoms with van der Waals surface area (Å²) in [4.78, 5) is 22.4. The highest BCUT2D eigenvalue weighted by atomic mass is 35.5. The normalized spacial score (nSPS) is 23.7. The quantitative estimate of drug-likeness (QED) is 0.528. The summed E-state index contributed by atoms with van der Waals surface area (Å²) in [5.74, 6) is -0.0886. The molecule has 2 aliphatic heterocycles. The zero-order valence-corrected chi connectivity index (χ0v) is 20.0. The maximum Gasteiger partial charge on any atom is 0.230 e. The van der Waals surface area contributed by atoms with Gasteiger partial charge in [-0.3, -0.25) is 9.69 Å². The number of carbonyl (C=O) groups excluding carboxylic acids is 1. The van der Waals surface area contributed by atoms with E-state index in [9.17, 15) is 14.4 Å². The Morgan fingerprint density at radius 1 is 1.19 bits per heavy atom. The molecule has 1 amide bonds. The van der Waals surface area contributed by atoms with Crippen molar-refractivity contribution in [1.29, 1.82) is 5.26 Å². The van der Waals surface area contributed by atoms with Crippen molar-refractivity contribution in [2.24, 2.45) is 0 Å². The number of nitriles is 1. The number of halogens is 2.